The fraction of sp³-hybridized carbons (Fsp3) is 0.588. The van der Waals surface area contributed by atoms with Crippen LogP contribution in [0.3, 0.4) is 0 Å². The predicted octanol–water partition coefficient (Wildman–Crippen LogP) is 1.30. The van der Waals surface area contributed by atoms with E-state index in [0.717, 1.165) is 18.5 Å². The Kier molecular flexibility index (Phi) is 8.96. The van der Waals surface area contributed by atoms with Crippen LogP contribution in [0.2, 0.25) is 0 Å². The van der Waals surface area contributed by atoms with Crippen LogP contribution in [-0.2, 0) is 16.1 Å². The number of carbonyl (C=O) groups excluding carboxylic acids is 1. The Morgan fingerprint density at radius 3 is 2.21 bits per heavy atom. The standard InChI is InChI=1S/C17H28N2O5/c1-19(7-6-8-21-2)12-17(20)18-11-14-15(23-4)9-13(22-3)10-16(14)24-5/h9-10H,6-8,11-12H2,1-5H3,(H,18,20). The molecule has 0 atom stereocenters. The number of benzene rings is 1. The maximum absolute atomic E-state index is 12.1. The quantitative estimate of drug-likeness (QED) is 0.612. The average molecular weight is 340 g/mol. The van der Waals surface area contributed by atoms with E-state index in [4.69, 9.17) is 18.9 Å². The van der Waals surface area contributed by atoms with Crippen LogP contribution >= 0.6 is 0 Å². The summed E-state index contributed by atoms with van der Waals surface area (Å²) in [4.78, 5) is 14.0. The van der Waals surface area contributed by atoms with Gasteiger partial charge < -0.3 is 24.3 Å². The Balaban J connectivity index is 2.64. The van der Waals surface area contributed by atoms with Gasteiger partial charge in [-0.05, 0) is 13.5 Å². The van der Waals surface area contributed by atoms with Crippen molar-refractivity contribution in [3.63, 3.8) is 0 Å². The Hall–Kier alpha value is -1.99. The zero-order valence-corrected chi connectivity index (χ0v) is 15.2. The second-order valence-corrected chi connectivity index (χ2v) is 5.37. The van der Waals surface area contributed by atoms with Crippen molar-refractivity contribution < 1.29 is 23.7 Å². The number of amides is 1. The van der Waals surface area contributed by atoms with E-state index in [2.05, 4.69) is 5.32 Å². The molecule has 1 N–H and O–H groups in total. The number of nitrogens with one attached hydrogen (secondary N) is 1. The van der Waals surface area contributed by atoms with Crippen LogP contribution in [0, 0.1) is 0 Å². The fourth-order valence-corrected chi connectivity index (χ4v) is 2.30. The Morgan fingerprint density at radius 2 is 1.71 bits per heavy atom. The molecule has 1 aromatic rings. The van der Waals surface area contributed by atoms with Crippen molar-refractivity contribution in [3.8, 4) is 17.2 Å². The average Bonchev–Trinajstić information content (AvgIpc) is 2.59. The van der Waals surface area contributed by atoms with Gasteiger partial charge in [0.1, 0.15) is 17.2 Å². The van der Waals surface area contributed by atoms with Crippen molar-refractivity contribution in [2.24, 2.45) is 0 Å². The largest absolute Gasteiger partial charge is 0.496 e. The smallest absolute Gasteiger partial charge is 0.234 e. The zero-order valence-electron chi connectivity index (χ0n) is 15.2. The number of nitrogens with zero attached hydrogens (tertiary/aromatic N) is 1. The van der Waals surface area contributed by atoms with Crippen molar-refractivity contribution in [2.75, 3.05) is 55.2 Å². The molecule has 0 bridgehead atoms. The first-order valence-corrected chi connectivity index (χ1v) is 7.78. The minimum Gasteiger partial charge on any atom is -0.496 e. The van der Waals surface area contributed by atoms with E-state index in [1.54, 1.807) is 40.6 Å². The minimum absolute atomic E-state index is 0.0603. The van der Waals surface area contributed by atoms with Gasteiger partial charge in [0, 0.05) is 32.4 Å². The maximum Gasteiger partial charge on any atom is 0.234 e. The number of hydrogen-bond acceptors (Lipinski definition) is 6. The van der Waals surface area contributed by atoms with Crippen LogP contribution in [-0.4, -0.2) is 66.0 Å². The lowest BCUT2D eigenvalue weighted by molar-refractivity contribution is -0.122. The lowest BCUT2D eigenvalue weighted by Gasteiger charge is -2.18. The highest BCUT2D eigenvalue weighted by atomic mass is 16.5. The highest BCUT2D eigenvalue weighted by molar-refractivity contribution is 5.78. The number of rotatable bonds is 11. The monoisotopic (exact) mass is 340 g/mol. The summed E-state index contributed by atoms with van der Waals surface area (Å²) in [6.45, 7) is 2.13. The number of likely N-dealkylation sites (N-methyl/N-ethyl adjacent to an activating group) is 1. The lowest BCUT2D eigenvalue weighted by atomic mass is 10.1. The lowest BCUT2D eigenvalue weighted by Crippen LogP contribution is -2.35. The molecule has 0 aliphatic rings. The third-order valence-corrected chi connectivity index (χ3v) is 3.58. The van der Waals surface area contributed by atoms with Crippen LogP contribution < -0.4 is 19.5 Å². The summed E-state index contributed by atoms with van der Waals surface area (Å²) in [6, 6.07) is 3.53. The van der Waals surface area contributed by atoms with Gasteiger partial charge >= 0.3 is 0 Å². The van der Waals surface area contributed by atoms with Crippen molar-refractivity contribution >= 4 is 5.91 Å². The minimum atomic E-state index is -0.0603. The molecule has 0 saturated heterocycles. The SMILES string of the molecule is COCCCN(C)CC(=O)NCc1c(OC)cc(OC)cc1OC. The molecule has 1 amide bonds. The van der Waals surface area contributed by atoms with Gasteiger partial charge in [0.05, 0.1) is 40.0 Å². The number of methoxy groups -OCH3 is 4. The van der Waals surface area contributed by atoms with Crippen LogP contribution in [0.25, 0.3) is 0 Å². The van der Waals surface area contributed by atoms with Gasteiger partial charge in [0.25, 0.3) is 0 Å². The van der Waals surface area contributed by atoms with E-state index in [1.165, 1.54) is 0 Å². The van der Waals surface area contributed by atoms with Gasteiger partial charge in [0.15, 0.2) is 0 Å². The van der Waals surface area contributed by atoms with Crippen LogP contribution in [0.5, 0.6) is 17.2 Å². The van der Waals surface area contributed by atoms with Crippen LogP contribution in [0.1, 0.15) is 12.0 Å². The number of ether oxygens (including phenoxy) is 4. The normalized spacial score (nSPS) is 10.6. The summed E-state index contributed by atoms with van der Waals surface area (Å²) >= 11 is 0. The molecule has 1 aromatic carbocycles. The van der Waals surface area contributed by atoms with E-state index in [0.29, 0.717) is 36.9 Å². The Morgan fingerprint density at radius 1 is 1.08 bits per heavy atom. The first-order valence-electron chi connectivity index (χ1n) is 7.78. The molecular weight excluding hydrogens is 312 g/mol. The molecule has 0 spiro atoms. The van der Waals surface area contributed by atoms with Gasteiger partial charge in [-0.1, -0.05) is 0 Å². The van der Waals surface area contributed by atoms with E-state index < -0.39 is 0 Å². The maximum atomic E-state index is 12.1. The molecule has 0 radical (unpaired) electrons. The molecule has 24 heavy (non-hydrogen) atoms. The highest BCUT2D eigenvalue weighted by Crippen LogP contribution is 2.33. The Labute approximate surface area is 143 Å². The Bertz CT molecular complexity index is 497. The molecular formula is C17H28N2O5. The molecule has 0 saturated carbocycles. The molecule has 0 heterocycles. The van der Waals surface area contributed by atoms with Crippen molar-refractivity contribution in [3.05, 3.63) is 17.7 Å². The van der Waals surface area contributed by atoms with E-state index in [9.17, 15) is 4.79 Å². The molecule has 0 aliphatic carbocycles. The molecule has 0 fully saturated rings. The van der Waals surface area contributed by atoms with Crippen molar-refractivity contribution in [1.82, 2.24) is 10.2 Å². The first-order chi connectivity index (χ1) is 11.5. The molecule has 0 aliphatic heterocycles. The topological polar surface area (TPSA) is 69.3 Å². The van der Waals surface area contributed by atoms with Gasteiger partial charge in [0.2, 0.25) is 5.91 Å². The highest BCUT2D eigenvalue weighted by Gasteiger charge is 2.14. The van der Waals surface area contributed by atoms with Crippen LogP contribution in [0.4, 0.5) is 0 Å². The van der Waals surface area contributed by atoms with Gasteiger partial charge in [-0.15, -0.1) is 0 Å². The second kappa shape index (κ2) is 10.7. The van der Waals surface area contributed by atoms with Gasteiger partial charge in [-0.3, -0.25) is 9.69 Å². The van der Waals surface area contributed by atoms with E-state index in [-0.39, 0.29) is 5.91 Å². The second-order valence-electron chi connectivity index (χ2n) is 5.37. The molecule has 136 valence electrons. The van der Waals surface area contributed by atoms with Crippen molar-refractivity contribution in [2.45, 2.75) is 13.0 Å². The molecule has 0 aromatic heterocycles. The third-order valence-electron chi connectivity index (χ3n) is 3.58. The molecule has 1 rings (SSSR count). The third kappa shape index (κ3) is 6.25. The summed E-state index contributed by atoms with van der Waals surface area (Å²) in [5, 5.41) is 2.89. The van der Waals surface area contributed by atoms with Crippen molar-refractivity contribution in [1.29, 1.82) is 0 Å². The predicted molar refractivity (Wildman–Crippen MR) is 91.9 cm³/mol. The number of carbonyl (C=O) groups is 1. The van der Waals surface area contributed by atoms with E-state index >= 15 is 0 Å². The number of hydrogen-bond donors (Lipinski definition) is 1. The summed E-state index contributed by atoms with van der Waals surface area (Å²) in [6.07, 6.45) is 0.889. The summed E-state index contributed by atoms with van der Waals surface area (Å²) in [5.41, 5.74) is 0.774. The fourth-order valence-electron chi connectivity index (χ4n) is 2.30. The summed E-state index contributed by atoms with van der Waals surface area (Å²) in [5.74, 6) is 1.80. The van der Waals surface area contributed by atoms with Gasteiger partial charge in [-0.2, -0.15) is 0 Å². The molecule has 7 heteroatoms. The van der Waals surface area contributed by atoms with E-state index in [1.807, 2.05) is 11.9 Å². The van der Waals surface area contributed by atoms with Gasteiger partial charge in [-0.25, -0.2) is 0 Å². The first kappa shape index (κ1) is 20.1. The molecule has 0 unspecified atom stereocenters. The van der Waals surface area contributed by atoms with Crippen LogP contribution in [0.15, 0.2) is 12.1 Å². The summed E-state index contributed by atoms with van der Waals surface area (Å²) in [7, 11) is 8.30. The summed E-state index contributed by atoms with van der Waals surface area (Å²) < 4.78 is 21.0. The molecule has 7 nitrogen and oxygen atoms in total. The zero-order chi connectivity index (χ0) is 17.9.